The fourth-order valence-electron chi connectivity index (χ4n) is 0.267. The van der Waals surface area contributed by atoms with E-state index in [0.717, 1.165) is 5.75 Å². The van der Waals surface area contributed by atoms with Crippen molar-refractivity contribution in [1.82, 2.24) is 0 Å². The molecule has 0 rings (SSSR count). The van der Waals surface area contributed by atoms with Crippen molar-refractivity contribution in [3.63, 3.8) is 0 Å². The van der Waals surface area contributed by atoms with Gasteiger partial charge in [-0.25, -0.2) is 0 Å². The third kappa shape index (κ3) is 3.76. The van der Waals surface area contributed by atoms with Crippen LogP contribution in [0.2, 0.25) is 0 Å². The van der Waals surface area contributed by atoms with Gasteiger partial charge in [-0.15, -0.1) is 6.42 Å². The molecule has 0 aromatic carbocycles. The predicted molar refractivity (Wildman–Crippen MR) is 36.8 cm³/mol. The van der Waals surface area contributed by atoms with Crippen LogP contribution in [-0.4, -0.2) is 17.8 Å². The molecule has 0 atom stereocenters. The molecule has 0 radical (unpaired) electrons. The third-order valence-electron chi connectivity index (χ3n) is 0.694. The van der Waals surface area contributed by atoms with Gasteiger partial charge >= 0.3 is 0 Å². The summed E-state index contributed by atoms with van der Waals surface area (Å²) < 4.78 is 0. The van der Waals surface area contributed by atoms with Crippen molar-refractivity contribution < 1.29 is 4.79 Å². The lowest BCUT2D eigenvalue weighted by atomic mass is 10.3. The smallest absolute Gasteiger partial charge is 0.206 e. The van der Waals surface area contributed by atoms with E-state index in [0.29, 0.717) is 6.42 Å². The van der Waals surface area contributed by atoms with Gasteiger partial charge in [0.15, 0.2) is 0 Å². The Bertz CT molecular complexity index is 112. The Balaban J connectivity index is 3.16. The maximum absolute atomic E-state index is 10.3. The van der Waals surface area contributed by atoms with E-state index in [1.54, 1.807) is 11.8 Å². The number of thioether (sulfide) groups is 1. The van der Waals surface area contributed by atoms with Crippen molar-refractivity contribution in [1.29, 1.82) is 0 Å². The van der Waals surface area contributed by atoms with Crippen molar-refractivity contribution >= 4 is 17.5 Å². The fraction of sp³-hybridized carbons (Fsp3) is 0.500. The molecule has 0 fully saturated rings. The Morgan fingerprint density at radius 3 is 2.88 bits per heavy atom. The molecule has 0 aliphatic heterocycles. The molecule has 0 saturated heterocycles. The summed E-state index contributed by atoms with van der Waals surface area (Å²) >= 11 is 1.63. The van der Waals surface area contributed by atoms with Crippen LogP contribution in [0.15, 0.2) is 0 Å². The quantitative estimate of drug-likeness (QED) is 0.415. The van der Waals surface area contributed by atoms with E-state index in [9.17, 15) is 4.79 Å². The Morgan fingerprint density at radius 1 is 1.88 bits per heavy atom. The highest BCUT2D eigenvalue weighted by Crippen LogP contribution is 1.94. The maximum Gasteiger partial charge on any atom is 0.206 e. The Morgan fingerprint density at radius 2 is 2.50 bits per heavy atom. The van der Waals surface area contributed by atoms with Gasteiger partial charge in [0.2, 0.25) is 5.78 Å². The highest BCUT2D eigenvalue weighted by Gasteiger charge is 1.91. The first-order valence-electron chi connectivity index (χ1n) is 2.29. The number of carbonyl (C=O) groups excluding carboxylic acids is 1. The van der Waals surface area contributed by atoms with E-state index < -0.39 is 0 Å². The topological polar surface area (TPSA) is 17.1 Å². The van der Waals surface area contributed by atoms with Crippen molar-refractivity contribution in [2.75, 3.05) is 12.0 Å². The minimum absolute atomic E-state index is 0.0978. The zero-order chi connectivity index (χ0) is 6.41. The molecule has 0 aromatic heterocycles. The van der Waals surface area contributed by atoms with Gasteiger partial charge in [-0.1, -0.05) is 0 Å². The summed E-state index contributed by atoms with van der Waals surface area (Å²) in [7, 11) is 0. The van der Waals surface area contributed by atoms with Gasteiger partial charge in [-0.05, 0) is 12.2 Å². The molecule has 0 aliphatic carbocycles. The number of terminal acetylenes is 1. The molecular weight excluding hydrogens is 120 g/mol. The Kier molecular flexibility index (Phi) is 4.48. The molecular formula is C6H8OS. The summed E-state index contributed by atoms with van der Waals surface area (Å²) in [6.45, 7) is 0. The zero-order valence-corrected chi connectivity index (χ0v) is 5.62. The van der Waals surface area contributed by atoms with E-state index in [4.69, 9.17) is 6.42 Å². The summed E-state index contributed by atoms with van der Waals surface area (Å²) in [5, 5.41) is 0. The normalized spacial score (nSPS) is 8.00. The number of hydrogen-bond donors (Lipinski definition) is 0. The van der Waals surface area contributed by atoms with Gasteiger partial charge in [-0.3, -0.25) is 4.79 Å². The summed E-state index contributed by atoms with van der Waals surface area (Å²) in [6.07, 6.45) is 7.26. The SMILES string of the molecule is C#CC(=O)CCSC. The number of Topliss-reactive ketones (excluding diaryl/α,β-unsaturated/α-hetero) is 1. The van der Waals surface area contributed by atoms with E-state index in [1.807, 2.05) is 12.2 Å². The first-order valence-corrected chi connectivity index (χ1v) is 3.69. The summed E-state index contributed by atoms with van der Waals surface area (Å²) in [5.41, 5.74) is 0. The van der Waals surface area contributed by atoms with Crippen LogP contribution in [0.5, 0.6) is 0 Å². The van der Waals surface area contributed by atoms with Gasteiger partial charge in [0.1, 0.15) is 0 Å². The molecule has 0 bridgehead atoms. The summed E-state index contributed by atoms with van der Waals surface area (Å²) in [6, 6.07) is 0. The molecule has 8 heavy (non-hydrogen) atoms. The Labute approximate surface area is 53.8 Å². The van der Waals surface area contributed by atoms with Crippen LogP contribution in [0.25, 0.3) is 0 Å². The second kappa shape index (κ2) is 4.73. The molecule has 1 nitrogen and oxygen atoms in total. The molecule has 0 aromatic rings. The predicted octanol–water partition coefficient (Wildman–Crippen LogP) is 0.942. The second-order valence-corrected chi connectivity index (χ2v) is 2.30. The largest absolute Gasteiger partial charge is 0.285 e. The van der Waals surface area contributed by atoms with E-state index in [-0.39, 0.29) is 5.78 Å². The monoisotopic (exact) mass is 128 g/mol. The van der Waals surface area contributed by atoms with Gasteiger partial charge < -0.3 is 0 Å². The number of rotatable bonds is 3. The Hall–Kier alpha value is -0.420. The van der Waals surface area contributed by atoms with E-state index in [1.165, 1.54) is 0 Å². The zero-order valence-electron chi connectivity index (χ0n) is 4.81. The van der Waals surface area contributed by atoms with Crippen molar-refractivity contribution in [3.05, 3.63) is 0 Å². The molecule has 0 unspecified atom stereocenters. The summed E-state index contributed by atoms with van der Waals surface area (Å²) in [5.74, 6) is 2.79. The van der Waals surface area contributed by atoms with Crippen LogP contribution in [0, 0.1) is 12.3 Å². The molecule has 0 spiro atoms. The van der Waals surface area contributed by atoms with E-state index in [2.05, 4.69) is 0 Å². The average molecular weight is 128 g/mol. The van der Waals surface area contributed by atoms with E-state index >= 15 is 0 Å². The minimum atomic E-state index is -0.0978. The third-order valence-corrected chi connectivity index (χ3v) is 1.31. The van der Waals surface area contributed by atoms with Crippen molar-refractivity contribution in [3.8, 4) is 12.3 Å². The van der Waals surface area contributed by atoms with Gasteiger partial charge in [0, 0.05) is 12.2 Å². The van der Waals surface area contributed by atoms with Crippen LogP contribution in [0.1, 0.15) is 6.42 Å². The molecule has 0 heterocycles. The highest BCUT2D eigenvalue weighted by atomic mass is 32.2. The van der Waals surface area contributed by atoms with Crippen LogP contribution >= 0.6 is 11.8 Å². The van der Waals surface area contributed by atoms with Crippen LogP contribution in [-0.2, 0) is 4.79 Å². The molecule has 0 aliphatic rings. The minimum Gasteiger partial charge on any atom is -0.285 e. The lowest BCUT2D eigenvalue weighted by Crippen LogP contribution is -1.93. The number of carbonyl (C=O) groups is 1. The lowest BCUT2D eigenvalue weighted by molar-refractivity contribution is -0.113. The van der Waals surface area contributed by atoms with Gasteiger partial charge in [-0.2, -0.15) is 11.8 Å². The van der Waals surface area contributed by atoms with Crippen LogP contribution in [0.4, 0.5) is 0 Å². The van der Waals surface area contributed by atoms with Gasteiger partial charge in [0.05, 0.1) is 0 Å². The standard InChI is InChI=1S/C6H8OS/c1-3-6(7)4-5-8-2/h1H,4-5H2,2H3. The molecule has 0 saturated carbocycles. The maximum atomic E-state index is 10.3. The van der Waals surface area contributed by atoms with Crippen molar-refractivity contribution in [2.45, 2.75) is 6.42 Å². The van der Waals surface area contributed by atoms with Crippen LogP contribution < -0.4 is 0 Å². The number of hydrogen-bond acceptors (Lipinski definition) is 2. The van der Waals surface area contributed by atoms with Crippen LogP contribution in [0.3, 0.4) is 0 Å². The first kappa shape index (κ1) is 7.58. The fourth-order valence-corrected chi connectivity index (χ4v) is 0.656. The highest BCUT2D eigenvalue weighted by molar-refractivity contribution is 7.98. The molecule has 0 N–H and O–H groups in total. The summed E-state index contributed by atoms with van der Waals surface area (Å²) in [4.78, 5) is 10.3. The first-order chi connectivity index (χ1) is 3.81. The number of ketones is 1. The molecule has 44 valence electrons. The second-order valence-electron chi connectivity index (χ2n) is 1.31. The molecule has 0 amide bonds. The average Bonchev–Trinajstić information content (AvgIpc) is 1.83. The molecule has 2 heteroatoms. The van der Waals surface area contributed by atoms with Crippen molar-refractivity contribution in [2.24, 2.45) is 0 Å². The van der Waals surface area contributed by atoms with Gasteiger partial charge in [0.25, 0.3) is 0 Å². The lowest BCUT2D eigenvalue weighted by Gasteiger charge is -1.86.